The molecule has 0 aliphatic rings. The number of carbonyl (C=O) groups is 3. The third-order valence-corrected chi connectivity index (χ3v) is 2.60. The molecule has 0 spiro atoms. The second-order valence-electron chi connectivity index (χ2n) is 5.77. The van der Waals surface area contributed by atoms with Gasteiger partial charge in [-0.05, 0) is 26.3 Å². The molecular weight excluding hydrogens is 288 g/mol. The number of aliphatic carboxylic acids is 1. The van der Waals surface area contributed by atoms with Gasteiger partial charge in [0.15, 0.2) is 5.92 Å². The molecule has 1 aromatic carbocycles. The molecule has 0 unspecified atom stereocenters. The molecule has 6 nitrogen and oxygen atoms in total. The van der Waals surface area contributed by atoms with Crippen molar-refractivity contribution in [1.82, 2.24) is 0 Å². The zero-order valence-electron chi connectivity index (χ0n) is 12.9. The maximum absolute atomic E-state index is 11.8. The van der Waals surface area contributed by atoms with E-state index < -0.39 is 35.8 Å². The summed E-state index contributed by atoms with van der Waals surface area (Å²) in [6, 6.07) is 8.97. The Balaban J connectivity index is 2.57. The molecule has 120 valence electrons. The number of rotatable bonds is 6. The van der Waals surface area contributed by atoms with Crippen LogP contribution in [-0.4, -0.2) is 28.6 Å². The summed E-state index contributed by atoms with van der Waals surface area (Å²) in [5.41, 5.74) is -0.0429. The predicted octanol–water partition coefficient (Wildman–Crippen LogP) is 2.16. The van der Waals surface area contributed by atoms with E-state index in [0.29, 0.717) is 0 Å². The molecule has 0 saturated heterocycles. The summed E-state index contributed by atoms with van der Waals surface area (Å²) in [5.74, 6) is -4.69. The molecule has 22 heavy (non-hydrogen) atoms. The molecule has 0 saturated carbocycles. The van der Waals surface area contributed by atoms with Gasteiger partial charge in [0.05, 0.1) is 6.42 Å². The first kappa shape index (κ1) is 17.7. The zero-order chi connectivity index (χ0) is 16.8. The van der Waals surface area contributed by atoms with Crippen LogP contribution in [-0.2, 0) is 30.5 Å². The van der Waals surface area contributed by atoms with Crippen LogP contribution in [0.25, 0.3) is 0 Å². The first-order valence-electron chi connectivity index (χ1n) is 6.84. The number of carbonyl (C=O) groups excluding carboxylic acids is 2. The van der Waals surface area contributed by atoms with Crippen molar-refractivity contribution in [3.63, 3.8) is 0 Å². The molecule has 0 aliphatic heterocycles. The zero-order valence-corrected chi connectivity index (χ0v) is 12.9. The van der Waals surface area contributed by atoms with Crippen LogP contribution >= 0.6 is 0 Å². The Kier molecular flexibility index (Phi) is 6.10. The van der Waals surface area contributed by atoms with E-state index in [0.717, 1.165) is 5.56 Å². The van der Waals surface area contributed by atoms with Crippen molar-refractivity contribution in [3.8, 4) is 0 Å². The Bertz CT molecular complexity index is 529. The number of carboxylic acid groups (broad SMARTS) is 1. The molecule has 0 radical (unpaired) electrons. The lowest BCUT2D eigenvalue weighted by Crippen LogP contribution is -2.34. The Hall–Kier alpha value is -2.37. The molecule has 0 fully saturated rings. The molecule has 0 amide bonds. The van der Waals surface area contributed by atoms with Gasteiger partial charge in [-0.1, -0.05) is 30.3 Å². The van der Waals surface area contributed by atoms with Gasteiger partial charge >= 0.3 is 17.9 Å². The summed E-state index contributed by atoms with van der Waals surface area (Å²) in [6.07, 6.45) is -0.558. The predicted molar refractivity (Wildman–Crippen MR) is 77.8 cm³/mol. The van der Waals surface area contributed by atoms with Crippen LogP contribution in [0, 0.1) is 5.92 Å². The van der Waals surface area contributed by atoms with Crippen LogP contribution in [0.1, 0.15) is 32.8 Å². The van der Waals surface area contributed by atoms with Crippen molar-refractivity contribution in [1.29, 1.82) is 0 Å². The van der Waals surface area contributed by atoms with E-state index in [9.17, 15) is 14.4 Å². The van der Waals surface area contributed by atoms with Crippen molar-refractivity contribution in [2.75, 3.05) is 0 Å². The van der Waals surface area contributed by atoms with Crippen molar-refractivity contribution >= 4 is 17.9 Å². The monoisotopic (exact) mass is 308 g/mol. The van der Waals surface area contributed by atoms with Crippen LogP contribution in [0.4, 0.5) is 0 Å². The minimum absolute atomic E-state index is 0.0281. The molecule has 1 rings (SSSR count). The first-order valence-corrected chi connectivity index (χ1v) is 6.84. The van der Waals surface area contributed by atoms with Gasteiger partial charge in [-0.2, -0.15) is 0 Å². The SMILES string of the molecule is CC(C)(C)OC(=O)[C@@H](CC(=O)OCc1ccccc1)C(=O)O. The second kappa shape index (κ2) is 7.59. The normalized spacial score (nSPS) is 12.3. The van der Waals surface area contributed by atoms with Crippen LogP contribution in [0.2, 0.25) is 0 Å². The van der Waals surface area contributed by atoms with Gasteiger partial charge in [0.25, 0.3) is 0 Å². The topological polar surface area (TPSA) is 89.9 Å². The number of esters is 2. The van der Waals surface area contributed by atoms with Gasteiger partial charge in [0, 0.05) is 0 Å². The van der Waals surface area contributed by atoms with Crippen LogP contribution in [0.5, 0.6) is 0 Å². The van der Waals surface area contributed by atoms with Gasteiger partial charge < -0.3 is 14.6 Å². The molecule has 1 N–H and O–H groups in total. The molecule has 0 heterocycles. The fourth-order valence-corrected chi connectivity index (χ4v) is 1.61. The Morgan fingerprint density at radius 1 is 1.14 bits per heavy atom. The minimum atomic E-state index is -1.57. The highest BCUT2D eigenvalue weighted by Crippen LogP contribution is 2.15. The highest BCUT2D eigenvalue weighted by Gasteiger charge is 2.33. The van der Waals surface area contributed by atoms with Gasteiger partial charge in [-0.15, -0.1) is 0 Å². The van der Waals surface area contributed by atoms with E-state index in [2.05, 4.69) is 0 Å². The van der Waals surface area contributed by atoms with Gasteiger partial charge in [0.2, 0.25) is 0 Å². The highest BCUT2D eigenvalue weighted by molar-refractivity contribution is 5.97. The highest BCUT2D eigenvalue weighted by atomic mass is 16.6. The van der Waals surface area contributed by atoms with E-state index in [1.807, 2.05) is 6.07 Å². The smallest absolute Gasteiger partial charge is 0.321 e. The number of hydrogen-bond acceptors (Lipinski definition) is 5. The summed E-state index contributed by atoms with van der Waals surface area (Å²) in [5, 5.41) is 9.07. The molecule has 1 aromatic rings. The van der Waals surface area contributed by atoms with Gasteiger partial charge in [-0.3, -0.25) is 14.4 Å². The Labute approximate surface area is 129 Å². The summed E-state index contributed by atoms with van der Waals surface area (Å²) in [4.78, 5) is 34.6. The maximum Gasteiger partial charge on any atom is 0.321 e. The molecule has 1 atom stereocenters. The average Bonchev–Trinajstić information content (AvgIpc) is 2.41. The summed E-state index contributed by atoms with van der Waals surface area (Å²) in [6.45, 7) is 4.90. The van der Waals surface area contributed by atoms with Crippen molar-refractivity contribution < 1.29 is 29.0 Å². The molecular formula is C16H20O6. The molecule has 0 aromatic heterocycles. The lowest BCUT2D eigenvalue weighted by atomic mass is 10.1. The fraction of sp³-hybridized carbons (Fsp3) is 0.438. The quantitative estimate of drug-likeness (QED) is 0.640. The number of benzene rings is 1. The van der Waals surface area contributed by atoms with Crippen LogP contribution < -0.4 is 0 Å². The van der Waals surface area contributed by atoms with Crippen molar-refractivity contribution in [2.45, 2.75) is 39.4 Å². The summed E-state index contributed by atoms with van der Waals surface area (Å²) < 4.78 is 9.98. The number of hydrogen-bond donors (Lipinski definition) is 1. The van der Waals surface area contributed by atoms with Crippen LogP contribution in [0.3, 0.4) is 0 Å². The van der Waals surface area contributed by atoms with Crippen LogP contribution in [0.15, 0.2) is 30.3 Å². The third-order valence-electron chi connectivity index (χ3n) is 2.60. The Morgan fingerprint density at radius 3 is 2.23 bits per heavy atom. The fourth-order valence-electron chi connectivity index (χ4n) is 1.61. The van der Waals surface area contributed by atoms with E-state index in [1.165, 1.54) is 0 Å². The van der Waals surface area contributed by atoms with Gasteiger partial charge in [-0.25, -0.2) is 0 Å². The standard InChI is InChI=1S/C16H20O6/c1-16(2,3)22-15(20)12(14(18)19)9-13(17)21-10-11-7-5-4-6-8-11/h4-8,12H,9-10H2,1-3H3,(H,18,19)/t12-/m0/s1. The molecule has 0 aliphatic carbocycles. The largest absolute Gasteiger partial charge is 0.481 e. The summed E-state index contributed by atoms with van der Waals surface area (Å²) >= 11 is 0. The summed E-state index contributed by atoms with van der Waals surface area (Å²) in [7, 11) is 0. The van der Waals surface area contributed by atoms with Crippen molar-refractivity contribution in [2.24, 2.45) is 5.92 Å². The minimum Gasteiger partial charge on any atom is -0.481 e. The first-order chi connectivity index (χ1) is 10.2. The maximum atomic E-state index is 11.8. The average molecular weight is 308 g/mol. The van der Waals surface area contributed by atoms with Gasteiger partial charge in [0.1, 0.15) is 12.2 Å². The lowest BCUT2D eigenvalue weighted by Gasteiger charge is -2.21. The third kappa shape index (κ3) is 6.39. The van der Waals surface area contributed by atoms with E-state index in [-0.39, 0.29) is 6.61 Å². The number of carboxylic acids is 1. The Morgan fingerprint density at radius 2 is 1.73 bits per heavy atom. The molecule has 0 bridgehead atoms. The number of ether oxygens (including phenoxy) is 2. The van der Waals surface area contributed by atoms with E-state index in [4.69, 9.17) is 14.6 Å². The van der Waals surface area contributed by atoms with E-state index in [1.54, 1.807) is 45.0 Å². The second-order valence-corrected chi connectivity index (χ2v) is 5.77. The van der Waals surface area contributed by atoms with E-state index >= 15 is 0 Å². The molecule has 6 heteroatoms. The van der Waals surface area contributed by atoms with Crippen molar-refractivity contribution in [3.05, 3.63) is 35.9 Å². The lowest BCUT2D eigenvalue weighted by molar-refractivity contribution is -0.170.